The van der Waals surface area contributed by atoms with Crippen LogP contribution in [0.3, 0.4) is 0 Å². The highest BCUT2D eigenvalue weighted by molar-refractivity contribution is 9.10. The van der Waals surface area contributed by atoms with Crippen molar-refractivity contribution in [1.82, 2.24) is 10.5 Å². The molecule has 6 nitrogen and oxygen atoms in total. The lowest BCUT2D eigenvalue weighted by atomic mass is 10.1. The largest absolute Gasteiger partial charge is 0.394 e. The number of nitrogens with one attached hydrogen (secondary N) is 2. The number of hydrogen-bond acceptors (Lipinski definition) is 6. The van der Waals surface area contributed by atoms with Crippen molar-refractivity contribution in [1.29, 1.82) is 0 Å². The summed E-state index contributed by atoms with van der Waals surface area (Å²) in [6.45, 7) is -0.347. The summed E-state index contributed by atoms with van der Waals surface area (Å²) in [7, 11) is 0. The molecule has 0 aliphatic rings. The van der Waals surface area contributed by atoms with Gasteiger partial charge in [0.1, 0.15) is 5.52 Å². The first kappa shape index (κ1) is 19.0. The number of hydrogen-bond donors (Lipinski definition) is 3. The normalized spacial score (nSPS) is 10.9. The van der Waals surface area contributed by atoms with Crippen LogP contribution in [-0.4, -0.2) is 29.2 Å². The summed E-state index contributed by atoms with van der Waals surface area (Å²) in [4.78, 5) is 21.2. The lowest BCUT2D eigenvalue weighted by Crippen LogP contribution is -2.26. The van der Waals surface area contributed by atoms with Gasteiger partial charge in [-0.1, -0.05) is 27.5 Å². The van der Waals surface area contributed by atoms with E-state index in [1.807, 2.05) is 0 Å². The van der Waals surface area contributed by atoms with E-state index in [9.17, 15) is 9.18 Å². The summed E-state index contributed by atoms with van der Waals surface area (Å²) >= 11 is 10.7. The molecule has 3 N–H and O–H groups in total. The molecular formula is C16H12BrClFN3O3S. The molecule has 136 valence electrons. The fourth-order valence-corrected chi connectivity index (χ4v) is 3.64. The Labute approximate surface area is 165 Å². The minimum absolute atomic E-state index is 0.0242. The highest BCUT2D eigenvalue weighted by Gasteiger charge is 2.21. The predicted molar refractivity (Wildman–Crippen MR) is 103 cm³/mol. The van der Waals surface area contributed by atoms with E-state index in [4.69, 9.17) is 21.5 Å². The molecule has 0 aliphatic carbocycles. The van der Waals surface area contributed by atoms with Crippen LogP contribution in [0.4, 0.5) is 15.8 Å². The van der Waals surface area contributed by atoms with Crippen LogP contribution in [0.5, 0.6) is 0 Å². The lowest BCUT2D eigenvalue weighted by molar-refractivity contribution is 0.0169. The average Bonchev–Trinajstić information content (AvgIpc) is 3.08. The smallest absolute Gasteiger partial charge is 0.277 e. The van der Waals surface area contributed by atoms with Crippen LogP contribution >= 0.6 is 38.9 Å². The molecule has 26 heavy (non-hydrogen) atoms. The minimum Gasteiger partial charge on any atom is -0.394 e. The zero-order valence-corrected chi connectivity index (χ0v) is 16.2. The minimum atomic E-state index is -0.671. The van der Waals surface area contributed by atoms with Gasteiger partial charge in [-0.15, -0.1) is 11.3 Å². The molecule has 0 aliphatic heterocycles. The number of rotatable bonds is 6. The number of anilines is 2. The van der Waals surface area contributed by atoms with E-state index in [1.165, 1.54) is 22.9 Å². The second-order valence-electron chi connectivity index (χ2n) is 5.06. The van der Waals surface area contributed by atoms with Crippen molar-refractivity contribution < 1.29 is 19.1 Å². The fourth-order valence-electron chi connectivity index (χ4n) is 2.21. The lowest BCUT2D eigenvalue weighted by Gasteiger charge is -2.15. The summed E-state index contributed by atoms with van der Waals surface area (Å²) in [6.07, 6.45) is 0. The molecule has 1 aromatic heterocycles. The van der Waals surface area contributed by atoms with Crippen molar-refractivity contribution in [3.63, 3.8) is 0 Å². The Morgan fingerprint density at radius 3 is 2.96 bits per heavy atom. The Hall–Kier alpha value is -1.78. The summed E-state index contributed by atoms with van der Waals surface area (Å²) in [5, 5.41) is 11.9. The molecule has 0 saturated carbocycles. The van der Waals surface area contributed by atoms with Gasteiger partial charge in [-0.25, -0.2) is 14.9 Å². The van der Waals surface area contributed by atoms with Gasteiger partial charge < -0.3 is 10.4 Å². The van der Waals surface area contributed by atoms with E-state index in [0.29, 0.717) is 15.4 Å². The number of thiazole rings is 1. The van der Waals surface area contributed by atoms with E-state index >= 15 is 0 Å². The van der Waals surface area contributed by atoms with E-state index in [2.05, 4.69) is 31.7 Å². The van der Waals surface area contributed by atoms with Gasteiger partial charge in [0.25, 0.3) is 5.91 Å². The molecule has 3 rings (SSSR count). The second-order valence-corrected chi connectivity index (χ2v) is 7.27. The van der Waals surface area contributed by atoms with Crippen LogP contribution < -0.4 is 10.8 Å². The molecule has 1 amide bonds. The summed E-state index contributed by atoms with van der Waals surface area (Å²) < 4.78 is 16.3. The average molecular weight is 461 g/mol. The number of amides is 1. The molecule has 0 unspecified atom stereocenters. The molecule has 1 heterocycles. The number of halogens is 3. The van der Waals surface area contributed by atoms with Crippen LogP contribution in [0, 0.1) is 5.82 Å². The quantitative estimate of drug-likeness (QED) is 0.378. The van der Waals surface area contributed by atoms with Crippen molar-refractivity contribution in [2.45, 2.75) is 0 Å². The van der Waals surface area contributed by atoms with Gasteiger partial charge in [-0.2, -0.15) is 0 Å². The first-order chi connectivity index (χ1) is 12.5. The summed E-state index contributed by atoms with van der Waals surface area (Å²) in [5.74, 6) is -1.33. The highest BCUT2D eigenvalue weighted by atomic mass is 79.9. The van der Waals surface area contributed by atoms with Gasteiger partial charge in [0, 0.05) is 4.47 Å². The Bertz CT molecular complexity index is 969. The third-order valence-corrected chi connectivity index (χ3v) is 4.94. The Morgan fingerprint density at radius 1 is 1.42 bits per heavy atom. The van der Waals surface area contributed by atoms with Crippen LogP contribution in [0.25, 0.3) is 10.2 Å². The number of nitrogens with zero attached hydrogens (tertiary/aromatic N) is 1. The highest BCUT2D eigenvalue weighted by Crippen LogP contribution is 2.35. The Kier molecular flexibility index (Phi) is 6.05. The Balaban J connectivity index is 2.04. The molecule has 3 aromatic rings. The molecule has 0 fully saturated rings. The molecule has 0 saturated heterocycles. The summed E-state index contributed by atoms with van der Waals surface area (Å²) in [6, 6.07) is 6.55. The maximum absolute atomic E-state index is 15.0. The predicted octanol–water partition coefficient (Wildman–Crippen LogP) is 4.25. The molecule has 0 bridgehead atoms. The second kappa shape index (κ2) is 8.28. The molecule has 0 spiro atoms. The van der Waals surface area contributed by atoms with Gasteiger partial charge in [0.05, 0.1) is 45.4 Å². The van der Waals surface area contributed by atoms with Gasteiger partial charge in [0.2, 0.25) is 0 Å². The number of benzene rings is 2. The molecular weight excluding hydrogens is 449 g/mol. The molecule has 0 atom stereocenters. The number of hydroxylamine groups is 1. The maximum atomic E-state index is 15.0. The monoisotopic (exact) mass is 459 g/mol. The SMILES string of the molecule is O=C(NOCCO)c1cc2scnc2c(F)c1Nc1ccc(Br)cc1Cl. The first-order valence-electron chi connectivity index (χ1n) is 7.32. The number of carbonyl (C=O) groups excluding carboxylic acids is 1. The number of aliphatic hydroxyl groups excluding tert-OH is 1. The van der Waals surface area contributed by atoms with Crippen molar-refractivity contribution in [3.8, 4) is 0 Å². The van der Waals surface area contributed by atoms with Crippen molar-refractivity contribution in [2.75, 3.05) is 18.5 Å². The zero-order chi connectivity index (χ0) is 18.7. The Morgan fingerprint density at radius 2 is 2.23 bits per heavy atom. The number of aliphatic hydroxyl groups is 1. The van der Waals surface area contributed by atoms with E-state index in [0.717, 1.165) is 4.47 Å². The molecule has 0 radical (unpaired) electrons. The van der Waals surface area contributed by atoms with Crippen LogP contribution in [0.1, 0.15) is 10.4 Å². The van der Waals surface area contributed by atoms with Gasteiger partial charge >= 0.3 is 0 Å². The topological polar surface area (TPSA) is 83.5 Å². The van der Waals surface area contributed by atoms with E-state index in [1.54, 1.807) is 18.2 Å². The van der Waals surface area contributed by atoms with Gasteiger partial charge in [-0.3, -0.25) is 9.63 Å². The van der Waals surface area contributed by atoms with Gasteiger partial charge in [0.15, 0.2) is 5.82 Å². The van der Waals surface area contributed by atoms with Crippen LogP contribution in [0.15, 0.2) is 34.2 Å². The van der Waals surface area contributed by atoms with E-state index in [-0.39, 0.29) is 30.0 Å². The van der Waals surface area contributed by atoms with Gasteiger partial charge in [-0.05, 0) is 24.3 Å². The third kappa shape index (κ3) is 3.97. The fraction of sp³-hybridized carbons (Fsp3) is 0.125. The number of aromatic nitrogens is 1. The molecule has 2 aromatic carbocycles. The van der Waals surface area contributed by atoms with E-state index < -0.39 is 11.7 Å². The third-order valence-electron chi connectivity index (χ3n) is 3.36. The van der Waals surface area contributed by atoms with Crippen LogP contribution in [0.2, 0.25) is 5.02 Å². The summed E-state index contributed by atoms with van der Waals surface area (Å²) in [5.41, 5.74) is 4.19. The van der Waals surface area contributed by atoms with Crippen molar-refractivity contribution >= 4 is 66.4 Å². The number of fused-ring (bicyclic) bond motifs is 1. The number of carbonyl (C=O) groups is 1. The zero-order valence-electron chi connectivity index (χ0n) is 13.1. The first-order valence-corrected chi connectivity index (χ1v) is 9.37. The standard InChI is InChI=1S/C16H12BrClFN3O3S/c17-8-1-2-11(10(18)5-8)21-14-9(16(24)22-25-4-3-23)6-12-15(13(14)19)20-7-26-12/h1-2,5-7,21,23H,3-4H2,(H,22,24). The van der Waals surface area contributed by atoms with Crippen molar-refractivity contribution in [2.24, 2.45) is 0 Å². The molecule has 10 heteroatoms. The van der Waals surface area contributed by atoms with Crippen molar-refractivity contribution in [3.05, 3.63) is 50.7 Å². The van der Waals surface area contributed by atoms with Crippen LogP contribution in [-0.2, 0) is 4.84 Å². The maximum Gasteiger partial charge on any atom is 0.277 e.